The summed E-state index contributed by atoms with van der Waals surface area (Å²) in [6.45, 7) is 4.55. The molecule has 2 aromatic rings. The molecule has 0 spiro atoms. The summed E-state index contributed by atoms with van der Waals surface area (Å²) in [7, 11) is 0. The van der Waals surface area contributed by atoms with Gasteiger partial charge in [-0.25, -0.2) is 0 Å². The normalized spacial score (nSPS) is 13.0. The minimum absolute atomic E-state index is 1.15. The van der Waals surface area contributed by atoms with Crippen molar-refractivity contribution >= 4 is 0 Å². The Bertz CT molecular complexity index is 579. The fourth-order valence-electron chi connectivity index (χ4n) is 3.31. The van der Waals surface area contributed by atoms with Crippen LogP contribution >= 0.6 is 0 Å². The molecule has 0 fully saturated rings. The average Bonchev–Trinajstić information content (AvgIpc) is 2.45. The lowest BCUT2D eigenvalue weighted by Crippen LogP contribution is -2.08. The van der Waals surface area contributed by atoms with E-state index in [-0.39, 0.29) is 0 Å². The Balaban J connectivity index is 2.24. The topological polar surface area (TPSA) is 0 Å². The van der Waals surface area contributed by atoms with Crippen LogP contribution in [0, 0.1) is 0 Å². The molecular weight excluding hydrogens is 216 g/mol. The van der Waals surface area contributed by atoms with Gasteiger partial charge < -0.3 is 0 Å². The Hall–Kier alpha value is -1.56. The molecule has 0 saturated carbocycles. The van der Waals surface area contributed by atoms with Crippen molar-refractivity contribution in [3.8, 4) is 11.1 Å². The van der Waals surface area contributed by atoms with Crippen molar-refractivity contribution in [2.75, 3.05) is 0 Å². The fraction of sp³-hybridized carbons (Fsp3) is 0.333. The van der Waals surface area contributed by atoms with Crippen LogP contribution in [-0.2, 0) is 25.7 Å². The van der Waals surface area contributed by atoms with Crippen LogP contribution in [0.4, 0.5) is 0 Å². The lowest BCUT2D eigenvalue weighted by molar-refractivity contribution is 0.899. The third-order valence-corrected chi connectivity index (χ3v) is 4.21. The van der Waals surface area contributed by atoms with E-state index in [2.05, 4.69) is 50.2 Å². The van der Waals surface area contributed by atoms with Gasteiger partial charge in [0.2, 0.25) is 0 Å². The Morgan fingerprint density at radius 3 is 2.44 bits per heavy atom. The highest BCUT2D eigenvalue weighted by Crippen LogP contribution is 2.36. The molecule has 0 atom stereocenters. The summed E-state index contributed by atoms with van der Waals surface area (Å²) in [6, 6.07) is 13.5. The van der Waals surface area contributed by atoms with E-state index in [1.807, 2.05) is 0 Å². The van der Waals surface area contributed by atoms with Gasteiger partial charge in [0.1, 0.15) is 0 Å². The van der Waals surface area contributed by atoms with Crippen molar-refractivity contribution in [2.24, 2.45) is 0 Å². The average molecular weight is 236 g/mol. The molecule has 0 radical (unpaired) electrons. The van der Waals surface area contributed by atoms with Crippen LogP contribution in [-0.4, -0.2) is 0 Å². The summed E-state index contributed by atoms with van der Waals surface area (Å²) in [5.74, 6) is 0. The molecule has 0 unspecified atom stereocenters. The number of rotatable bonds is 2. The van der Waals surface area contributed by atoms with Crippen molar-refractivity contribution < 1.29 is 0 Å². The van der Waals surface area contributed by atoms with Crippen molar-refractivity contribution in [1.82, 2.24) is 0 Å². The highest BCUT2D eigenvalue weighted by atomic mass is 14.2. The SMILES string of the molecule is CCc1ccc2c(c1CC)CCc1ccccc1-2. The molecule has 3 rings (SSSR count). The van der Waals surface area contributed by atoms with E-state index in [4.69, 9.17) is 0 Å². The second kappa shape index (κ2) is 4.61. The van der Waals surface area contributed by atoms with Gasteiger partial charge in [0.05, 0.1) is 0 Å². The highest BCUT2D eigenvalue weighted by Gasteiger charge is 2.18. The maximum Gasteiger partial charge on any atom is -0.0146 e. The molecule has 0 nitrogen and oxygen atoms in total. The molecule has 92 valence electrons. The number of hydrogen-bond acceptors (Lipinski definition) is 0. The minimum atomic E-state index is 1.15. The van der Waals surface area contributed by atoms with E-state index in [0.717, 1.165) is 12.8 Å². The molecular formula is C18H20. The Morgan fingerprint density at radius 2 is 1.67 bits per heavy atom. The summed E-state index contributed by atoms with van der Waals surface area (Å²) in [5, 5.41) is 0. The molecule has 0 heterocycles. The first-order valence-electron chi connectivity index (χ1n) is 7.07. The zero-order chi connectivity index (χ0) is 12.5. The van der Waals surface area contributed by atoms with E-state index in [9.17, 15) is 0 Å². The first-order chi connectivity index (χ1) is 8.85. The van der Waals surface area contributed by atoms with Crippen molar-refractivity contribution in [1.29, 1.82) is 0 Å². The van der Waals surface area contributed by atoms with Crippen molar-refractivity contribution in [3.63, 3.8) is 0 Å². The van der Waals surface area contributed by atoms with Gasteiger partial charge in [-0.3, -0.25) is 0 Å². The molecule has 0 N–H and O–H groups in total. The molecule has 1 aliphatic rings. The predicted octanol–water partition coefficient (Wildman–Crippen LogP) is 4.58. The van der Waals surface area contributed by atoms with Crippen LogP contribution in [0.3, 0.4) is 0 Å². The number of aryl methyl sites for hydroxylation is 2. The van der Waals surface area contributed by atoms with E-state index in [0.29, 0.717) is 0 Å². The molecule has 2 aromatic carbocycles. The van der Waals surface area contributed by atoms with Gasteiger partial charge in [0, 0.05) is 0 Å². The van der Waals surface area contributed by atoms with Gasteiger partial charge in [-0.05, 0) is 59.1 Å². The highest BCUT2D eigenvalue weighted by molar-refractivity contribution is 5.74. The van der Waals surface area contributed by atoms with E-state index < -0.39 is 0 Å². The second-order valence-corrected chi connectivity index (χ2v) is 5.09. The standard InChI is InChI=1S/C18H20/c1-3-13-9-11-18-16-8-6-5-7-14(16)10-12-17(18)15(13)4-2/h5-9,11H,3-4,10,12H2,1-2H3. The van der Waals surface area contributed by atoms with Crippen LogP contribution in [0.5, 0.6) is 0 Å². The van der Waals surface area contributed by atoms with E-state index in [1.54, 1.807) is 11.1 Å². The number of benzene rings is 2. The molecule has 1 aliphatic carbocycles. The van der Waals surface area contributed by atoms with Gasteiger partial charge in [-0.15, -0.1) is 0 Å². The van der Waals surface area contributed by atoms with Crippen LogP contribution < -0.4 is 0 Å². The Morgan fingerprint density at radius 1 is 0.833 bits per heavy atom. The van der Waals surface area contributed by atoms with E-state index in [1.165, 1.54) is 35.1 Å². The van der Waals surface area contributed by atoms with Crippen molar-refractivity contribution in [3.05, 3.63) is 58.7 Å². The third-order valence-electron chi connectivity index (χ3n) is 4.21. The molecule has 0 bridgehead atoms. The summed E-state index contributed by atoms with van der Waals surface area (Å²) in [6.07, 6.45) is 4.72. The molecule has 0 aliphatic heterocycles. The largest absolute Gasteiger partial charge is 0.0620 e. The van der Waals surface area contributed by atoms with Gasteiger partial charge >= 0.3 is 0 Å². The lowest BCUT2D eigenvalue weighted by atomic mass is 9.81. The number of hydrogen-bond donors (Lipinski definition) is 0. The first kappa shape index (κ1) is 11.5. The van der Waals surface area contributed by atoms with Gasteiger partial charge in [-0.1, -0.05) is 50.2 Å². The Labute approximate surface area is 110 Å². The molecule has 0 heteroatoms. The first-order valence-corrected chi connectivity index (χ1v) is 7.07. The maximum absolute atomic E-state index is 2.34. The van der Waals surface area contributed by atoms with Gasteiger partial charge in [-0.2, -0.15) is 0 Å². The van der Waals surface area contributed by atoms with E-state index >= 15 is 0 Å². The summed E-state index contributed by atoms with van der Waals surface area (Å²) in [5.41, 5.74) is 9.19. The van der Waals surface area contributed by atoms with Crippen LogP contribution in [0.1, 0.15) is 36.1 Å². The fourth-order valence-corrected chi connectivity index (χ4v) is 3.31. The van der Waals surface area contributed by atoms with Gasteiger partial charge in [0.25, 0.3) is 0 Å². The minimum Gasteiger partial charge on any atom is -0.0620 e. The zero-order valence-electron chi connectivity index (χ0n) is 11.3. The zero-order valence-corrected chi connectivity index (χ0v) is 11.3. The van der Waals surface area contributed by atoms with Crippen molar-refractivity contribution in [2.45, 2.75) is 39.5 Å². The molecule has 0 saturated heterocycles. The summed E-state index contributed by atoms with van der Waals surface area (Å²) >= 11 is 0. The van der Waals surface area contributed by atoms with Crippen LogP contribution in [0.2, 0.25) is 0 Å². The Kier molecular flexibility index (Phi) is 2.95. The second-order valence-electron chi connectivity index (χ2n) is 5.09. The molecule has 0 aromatic heterocycles. The summed E-state index contributed by atoms with van der Waals surface area (Å²) in [4.78, 5) is 0. The lowest BCUT2D eigenvalue weighted by Gasteiger charge is -2.24. The monoisotopic (exact) mass is 236 g/mol. The maximum atomic E-state index is 2.34. The quantitative estimate of drug-likeness (QED) is 0.716. The predicted molar refractivity (Wildman–Crippen MR) is 78.0 cm³/mol. The van der Waals surface area contributed by atoms with Gasteiger partial charge in [0.15, 0.2) is 0 Å². The molecule has 0 amide bonds. The van der Waals surface area contributed by atoms with Crippen LogP contribution in [0.15, 0.2) is 36.4 Å². The smallest absolute Gasteiger partial charge is 0.0146 e. The molecule has 18 heavy (non-hydrogen) atoms. The third kappa shape index (κ3) is 1.68. The number of fused-ring (bicyclic) bond motifs is 3. The van der Waals surface area contributed by atoms with Crippen LogP contribution in [0.25, 0.3) is 11.1 Å². The summed E-state index contributed by atoms with van der Waals surface area (Å²) < 4.78 is 0.